The predicted molar refractivity (Wildman–Crippen MR) is 68.0 cm³/mol. The average Bonchev–Trinajstić information content (AvgIpc) is 2.16. The first-order valence-electron chi connectivity index (χ1n) is 5.05. The molecule has 1 rings (SSSR count). The smallest absolute Gasteiger partial charge is 0.410 e. The summed E-state index contributed by atoms with van der Waals surface area (Å²) in [5.74, 6) is 0.548. The van der Waals surface area contributed by atoms with Gasteiger partial charge in [0.2, 0.25) is 0 Å². The fourth-order valence-electron chi connectivity index (χ4n) is 1.09. The Morgan fingerprint density at radius 1 is 1.31 bits per heavy atom. The lowest BCUT2D eigenvalue weighted by Gasteiger charge is -2.19. The second kappa shape index (κ2) is 5.34. The van der Waals surface area contributed by atoms with Gasteiger partial charge in [-0.05, 0) is 38.5 Å². The molecule has 0 radical (unpaired) electrons. The summed E-state index contributed by atoms with van der Waals surface area (Å²) < 4.78 is 5.12. The zero-order chi connectivity index (χ0) is 12.2. The van der Waals surface area contributed by atoms with Crippen LogP contribution in [-0.2, 0) is 5.33 Å². The highest BCUT2D eigenvalue weighted by Gasteiger charge is 2.14. The van der Waals surface area contributed by atoms with E-state index in [2.05, 4.69) is 21.2 Å². The molecule has 0 atom stereocenters. The molecule has 3 nitrogen and oxygen atoms in total. The summed E-state index contributed by atoms with van der Waals surface area (Å²) in [6.07, 6.45) is -0.431. The Morgan fingerprint density at radius 3 is 2.31 bits per heavy atom. The molecule has 0 aliphatic heterocycles. The van der Waals surface area contributed by atoms with Gasteiger partial charge in [-0.25, -0.2) is 4.79 Å². The van der Waals surface area contributed by atoms with Crippen LogP contribution in [0.5, 0.6) is 5.75 Å². The first-order chi connectivity index (χ1) is 7.40. The van der Waals surface area contributed by atoms with Crippen LogP contribution in [0.25, 0.3) is 0 Å². The van der Waals surface area contributed by atoms with Crippen LogP contribution in [0.2, 0.25) is 0 Å². The predicted octanol–water partition coefficient (Wildman–Crippen LogP) is 3.47. The Hall–Kier alpha value is -1.03. The minimum Gasteiger partial charge on any atom is -0.410 e. The van der Waals surface area contributed by atoms with Gasteiger partial charge in [-0.2, -0.15) is 0 Å². The molecule has 0 saturated carbocycles. The third kappa shape index (κ3) is 4.66. The fraction of sp³-hybridized carbons (Fsp3) is 0.417. The van der Waals surface area contributed by atoms with Gasteiger partial charge in [0.15, 0.2) is 0 Å². The normalized spacial score (nSPS) is 11.0. The van der Waals surface area contributed by atoms with Crippen molar-refractivity contribution in [2.75, 3.05) is 0 Å². The lowest BCUT2D eigenvalue weighted by molar-refractivity contribution is 0.190. The Balaban J connectivity index is 2.56. The van der Waals surface area contributed by atoms with Gasteiger partial charge in [0.05, 0.1) is 0 Å². The molecule has 0 aliphatic carbocycles. The first kappa shape index (κ1) is 13.0. The molecule has 0 bridgehead atoms. The maximum absolute atomic E-state index is 11.4. The molecule has 0 heterocycles. The second-order valence-corrected chi connectivity index (χ2v) is 5.10. The van der Waals surface area contributed by atoms with Crippen molar-refractivity contribution in [2.24, 2.45) is 0 Å². The largest absolute Gasteiger partial charge is 0.413 e. The van der Waals surface area contributed by atoms with Gasteiger partial charge >= 0.3 is 6.09 Å². The molecule has 1 aromatic carbocycles. The van der Waals surface area contributed by atoms with Crippen molar-refractivity contribution < 1.29 is 9.53 Å². The molecular weight excluding hydrogens is 270 g/mol. The monoisotopic (exact) mass is 285 g/mol. The molecule has 0 spiro atoms. The van der Waals surface area contributed by atoms with Gasteiger partial charge in [-0.15, -0.1) is 0 Å². The molecule has 0 fully saturated rings. The van der Waals surface area contributed by atoms with Crippen LogP contribution < -0.4 is 10.1 Å². The van der Waals surface area contributed by atoms with Gasteiger partial charge in [-0.1, -0.05) is 28.1 Å². The molecule has 0 unspecified atom stereocenters. The molecule has 1 N–H and O–H groups in total. The minimum atomic E-state index is -0.431. The van der Waals surface area contributed by atoms with E-state index in [1.165, 1.54) is 0 Å². The number of ether oxygens (including phenoxy) is 1. The number of carbonyl (C=O) groups is 1. The van der Waals surface area contributed by atoms with E-state index in [-0.39, 0.29) is 5.54 Å². The Labute approximate surface area is 104 Å². The number of halogens is 1. The van der Waals surface area contributed by atoms with E-state index in [1.807, 2.05) is 32.9 Å². The van der Waals surface area contributed by atoms with Crippen LogP contribution in [0.3, 0.4) is 0 Å². The Bertz CT molecular complexity index is 354. The molecule has 0 aromatic heterocycles. The van der Waals surface area contributed by atoms with Gasteiger partial charge in [0.25, 0.3) is 0 Å². The number of rotatable bonds is 2. The summed E-state index contributed by atoms with van der Waals surface area (Å²) in [7, 11) is 0. The molecule has 4 heteroatoms. The van der Waals surface area contributed by atoms with Crippen LogP contribution in [0, 0.1) is 0 Å². The number of carbonyl (C=O) groups excluding carboxylic acids is 1. The second-order valence-electron chi connectivity index (χ2n) is 4.54. The first-order valence-corrected chi connectivity index (χ1v) is 6.18. The van der Waals surface area contributed by atoms with Crippen LogP contribution in [0.15, 0.2) is 24.3 Å². The van der Waals surface area contributed by atoms with Crippen molar-refractivity contribution in [1.82, 2.24) is 5.32 Å². The summed E-state index contributed by atoms with van der Waals surface area (Å²) in [6.45, 7) is 5.71. The van der Waals surface area contributed by atoms with Crippen molar-refractivity contribution >= 4 is 22.0 Å². The average molecular weight is 286 g/mol. The molecule has 1 amide bonds. The quantitative estimate of drug-likeness (QED) is 0.845. The molecule has 0 aliphatic rings. The van der Waals surface area contributed by atoms with E-state index in [1.54, 1.807) is 12.1 Å². The summed E-state index contributed by atoms with van der Waals surface area (Å²) in [4.78, 5) is 11.4. The lowest BCUT2D eigenvalue weighted by Crippen LogP contribution is -2.42. The highest BCUT2D eigenvalue weighted by molar-refractivity contribution is 9.08. The number of alkyl halides is 1. The van der Waals surface area contributed by atoms with Gasteiger partial charge < -0.3 is 10.1 Å². The highest BCUT2D eigenvalue weighted by Crippen LogP contribution is 2.14. The number of hydrogen-bond donors (Lipinski definition) is 1. The third-order valence-corrected chi connectivity index (χ3v) is 2.41. The maximum Gasteiger partial charge on any atom is 0.413 e. The van der Waals surface area contributed by atoms with Crippen LogP contribution >= 0.6 is 15.9 Å². The zero-order valence-corrected chi connectivity index (χ0v) is 11.3. The van der Waals surface area contributed by atoms with E-state index in [0.717, 1.165) is 10.9 Å². The molecule has 0 saturated heterocycles. The Morgan fingerprint density at radius 2 is 1.88 bits per heavy atom. The van der Waals surface area contributed by atoms with Gasteiger partial charge in [-0.3, -0.25) is 0 Å². The lowest BCUT2D eigenvalue weighted by atomic mass is 10.1. The van der Waals surface area contributed by atoms with Crippen LogP contribution in [-0.4, -0.2) is 11.6 Å². The third-order valence-electron chi connectivity index (χ3n) is 1.77. The molecular formula is C12H16BrNO2. The number of amides is 1. The molecule has 1 aromatic rings. The van der Waals surface area contributed by atoms with E-state index in [9.17, 15) is 4.79 Å². The van der Waals surface area contributed by atoms with Crippen molar-refractivity contribution in [1.29, 1.82) is 0 Å². The van der Waals surface area contributed by atoms with Gasteiger partial charge in [0, 0.05) is 10.9 Å². The molecule has 88 valence electrons. The number of benzene rings is 1. The molecule has 16 heavy (non-hydrogen) atoms. The fourth-order valence-corrected chi connectivity index (χ4v) is 1.46. The summed E-state index contributed by atoms with van der Waals surface area (Å²) in [5, 5.41) is 3.52. The standard InChI is InChI=1S/C12H16BrNO2/c1-12(2,3)14-11(15)16-10-6-4-9(8-13)5-7-10/h4-7H,8H2,1-3H3,(H,14,15). The van der Waals surface area contributed by atoms with E-state index < -0.39 is 6.09 Å². The van der Waals surface area contributed by atoms with Crippen molar-refractivity contribution in [2.45, 2.75) is 31.6 Å². The Kier molecular flexibility index (Phi) is 4.35. The number of hydrogen-bond acceptors (Lipinski definition) is 2. The van der Waals surface area contributed by atoms with Crippen molar-refractivity contribution in [3.8, 4) is 5.75 Å². The minimum absolute atomic E-state index is 0.285. The summed E-state index contributed by atoms with van der Waals surface area (Å²) in [5.41, 5.74) is 0.857. The van der Waals surface area contributed by atoms with E-state index >= 15 is 0 Å². The summed E-state index contributed by atoms with van der Waals surface area (Å²) in [6, 6.07) is 7.38. The maximum atomic E-state index is 11.4. The van der Waals surface area contributed by atoms with Crippen molar-refractivity contribution in [3.05, 3.63) is 29.8 Å². The van der Waals surface area contributed by atoms with Crippen LogP contribution in [0.4, 0.5) is 4.79 Å². The summed E-state index contributed by atoms with van der Waals surface area (Å²) >= 11 is 3.35. The van der Waals surface area contributed by atoms with Crippen molar-refractivity contribution in [3.63, 3.8) is 0 Å². The SMILES string of the molecule is CC(C)(C)NC(=O)Oc1ccc(CBr)cc1. The van der Waals surface area contributed by atoms with Crippen LogP contribution in [0.1, 0.15) is 26.3 Å². The number of nitrogens with one attached hydrogen (secondary N) is 1. The van der Waals surface area contributed by atoms with E-state index in [0.29, 0.717) is 5.75 Å². The van der Waals surface area contributed by atoms with Gasteiger partial charge in [0.1, 0.15) is 5.75 Å². The van der Waals surface area contributed by atoms with E-state index in [4.69, 9.17) is 4.74 Å². The zero-order valence-electron chi connectivity index (χ0n) is 9.71. The highest BCUT2D eigenvalue weighted by atomic mass is 79.9. The topological polar surface area (TPSA) is 38.3 Å².